The molecule has 10 heteroatoms. The van der Waals surface area contributed by atoms with Crippen molar-refractivity contribution >= 4 is 27.8 Å². The molecule has 5 nitrogen and oxygen atoms in total. The molecule has 0 aliphatic rings. The minimum atomic E-state index is -4.42. The summed E-state index contributed by atoms with van der Waals surface area (Å²) in [5.74, 6) is -1.32. The molecule has 1 aromatic carbocycles. The number of carbonyl (C=O) groups is 1. The van der Waals surface area contributed by atoms with Gasteiger partial charge in [-0.15, -0.1) is 0 Å². The number of methoxy groups -OCH3 is 1. The lowest BCUT2D eigenvalue weighted by Crippen LogP contribution is -2.28. The molecule has 1 rings (SSSR count). The molecule has 1 N–H and O–H groups in total. The Morgan fingerprint density at radius 2 is 1.95 bits per heavy atom. The fraction of sp³-hybridized carbons (Fsp3) is 0.364. The summed E-state index contributed by atoms with van der Waals surface area (Å²) in [7, 11) is -3.00. The van der Waals surface area contributed by atoms with Crippen molar-refractivity contribution in [1.82, 2.24) is 4.72 Å². The Bertz CT molecular complexity index is 602. The van der Waals surface area contributed by atoms with Crippen LogP contribution in [0.2, 0.25) is 0 Å². The second-order valence-electron chi connectivity index (χ2n) is 3.68. The third-order valence-electron chi connectivity index (χ3n) is 2.24. The van der Waals surface area contributed by atoms with Gasteiger partial charge in [0, 0.05) is 12.3 Å². The molecule has 0 radical (unpaired) electrons. The average molecular weight is 343 g/mol. The summed E-state index contributed by atoms with van der Waals surface area (Å²) < 4.78 is 66.3. The summed E-state index contributed by atoms with van der Waals surface area (Å²) in [5, 5.41) is 0. The van der Waals surface area contributed by atoms with Crippen LogP contribution in [-0.4, -0.2) is 39.3 Å². The van der Waals surface area contributed by atoms with Gasteiger partial charge in [0.05, 0.1) is 17.6 Å². The number of sulfonamides is 1. The number of hydrogen-bond acceptors (Lipinski definition) is 5. The molecule has 0 aliphatic carbocycles. The Morgan fingerprint density at radius 1 is 1.33 bits per heavy atom. The first-order valence-electron chi connectivity index (χ1n) is 5.55. The van der Waals surface area contributed by atoms with Crippen molar-refractivity contribution < 1.29 is 31.1 Å². The highest BCUT2D eigenvalue weighted by molar-refractivity contribution is 8.00. The number of esters is 1. The Balaban J connectivity index is 2.82. The van der Waals surface area contributed by atoms with E-state index in [1.54, 1.807) is 0 Å². The molecule has 0 spiro atoms. The standard InChI is InChI=1S/C11H12F3NO4S2/c1-19-10(16)8-4-2-3-5-9(8)21(17,18)15-6-7-20-11(12,13)14/h2-5,15H,6-7H2,1H3. The van der Waals surface area contributed by atoms with Crippen LogP contribution in [0.15, 0.2) is 29.2 Å². The first kappa shape index (κ1) is 17.8. The topological polar surface area (TPSA) is 72.5 Å². The van der Waals surface area contributed by atoms with E-state index in [1.807, 2.05) is 4.72 Å². The molecule has 1 aromatic rings. The van der Waals surface area contributed by atoms with E-state index in [0.717, 1.165) is 7.11 Å². The van der Waals surface area contributed by atoms with Gasteiger partial charge in [-0.2, -0.15) is 13.2 Å². The number of ether oxygens (including phenoxy) is 1. The van der Waals surface area contributed by atoms with Crippen LogP contribution in [0, 0.1) is 0 Å². The number of alkyl halides is 3. The zero-order chi connectivity index (χ0) is 16.1. The molecule has 21 heavy (non-hydrogen) atoms. The van der Waals surface area contributed by atoms with Crippen LogP contribution in [-0.2, 0) is 14.8 Å². The lowest BCUT2D eigenvalue weighted by atomic mass is 10.2. The molecular weight excluding hydrogens is 331 g/mol. The van der Waals surface area contributed by atoms with Crippen molar-refractivity contribution in [2.75, 3.05) is 19.4 Å². The van der Waals surface area contributed by atoms with Crippen molar-refractivity contribution in [3.63, 3.8) is 0 Å². The van der Waals surface area contributed by atoms with E-state index in [2.05, 4.69) is 4.74 Å². The Labute approximate surface area is 123 Å². The Kier molecular flexibility index (Phi) is 6.05. The van der Waals surface area contributed by atoms with Crippen LogP contribution >= 0.6 is 11.8 Å². The third kappa shape index (κ3) is 5.56. The molecule has 0 saturated carbocycles. The predicted octanol–water partition coefficient (Wildman–Crippen LogP) is 2.00. The molecule has 0 amide bonds. The first-order chi connectivity index (χ1) is 9.67. The minimum absolute atomic E-state index is 0.184. The van der Waals surface area contributed by atoms with Gasteiger partial charge in [-0.3, -0.25) is 0 Å². The normalized spacial score (nSPS) is 12.2. The van der Waals surface area contributed by atoms with Crippen molar-refractivity contribution in [3.8, 4) is 0 Å². The number of nitrogens with one attached hydrogen (secondary N) is 1. The van der Waals surface area contributed by atoms with Gasteiger partial charge in [0.2, 0.25) is 10.0 Å². The number of benzene rings is 1. The number of halogens is 3. The molecule has 0 atom stereocenters. The van der Waals surface area contributed by atoms with Gasteiger partial charge in [0.1, 0.15) is 0 Å². The van der Waals surface area contributed by atoms with E-state index in [-0.39, 0.29) is 22.2 Å². The van der Waals surface area contributed by atoms with E-state index in [0.29, 0.717) is 0 Å². The summed E-state index contributed by atoms with van der Waals surface area (Å²) in [4.78, 5) is 11.1. The van der Waals surface area contributed by atoms with Crippen molar-refractivity contribution in [2.24, 2.45) is 0 Å². The molecule has 0 heterocycles. The third-order valence-corrected chi connectivity index (χ3v) is 4.50. The number of hydrogen-bond donors (Lipinski definition) is 1. The summed E-state index contributed by atoms with van der Waals surface area (Å²) in [5.41, 5.74) is -4.61. The summed E-state index contributed by atoms with van der Waals surface area (Å²) in [6, 6.07) is 5.27. The molecule has 0 aliphatic heterocycles. The maximum absolute atomic E-state index is 12.0. The van der Waals surface area contributed by atoms with Gasteiger partial charge in [-0.1, -0.05) is 12.1 Å². The lowest BCUT2D eigenvalue weighted by molar-refractivity contribution is -0.0327. The number of rotatable bonds is 6. The fourth-order valence-electron chi connectivity index (χ4n) is 1.40. The zero-order valence-electron chi connectivity index (χ0n) is 10.8. The summed E-state index contributed by atoms with van der Waals surface area (Å²) in [6.07, 6.45) is 0. The van der Waals surface area contributed by atoms with Gasteiger partial charge in [0.25, 0.3) is 0 Å². The lowest BCUT2D eigenvalue weighted by Gasteiger charge is -2.10. The highest BCUT2D eigenvalue weighted by Crippen LogP contribution is 2.29. The smallest absolute Gasteiger partial charge is 0.441 e. The van der Waals surface area contributed by atoms with E-state index in [9.17, 15) is 26.4 Å². The second-order valence-corrected chi connectivity index (χ2v) is 6.57. The average Bonchev–Trinajstić information content (AvgIpc) is 2.42. The van der Waals surface area contributed by atoms with Crippen molar-refractivity contribution in [3.05, 3.63) is 29.8 Å². The highest BCUT2D eigenvalue weighted by atomic mass is 32.2. The van der Waals surface area contributed by atoms with Crippen LogP contribution in [0.3, 0.4) is 0 Å². The van der Waals surface area contributed by atoms with E-state index >= 15 is 0 Å². The molecule has 0 fully saturated rings. The number of thioether (sulfide) groups is 1. The largest absolute Gasteiger partial charge is 0.465 e. The van der Waals surface area contributed by atoms with Gasteiger partial charge < -0.3 is 4.74 Å². The SMILES string of the molecule is COC(=O)c1ccccc1S(=O)(=O)NCCSC(F)(F)F. The van der Waals surface area contributed by atoms with Crippen molar-refractivity contribution in [1.29, 1.82) is 0 Å². The van der Waals surface area contributed by atoms with Gasteiger partial charge in [0.15, 0.2) is 0 Å². The van der Waals surface area contributed by atoms with Crippen LogP contribution in [0.1, 0.15) is 10.4 Å². The van der Waals surface area contributed by atoms with Crippen LogP contribution < -0.4 is 4.72 Å². The van der Waals surface area contributed by atoms with Gasteiger partial charge >= 0.3 is 11.5 Å². The number of carbonyl (C=O) groups excluding carboxylic acids is 1. The second kappa shape index (κ2) is 7.14. The zero-order valence-corrected chi connectivity index (χ0v) is 12.4. The minimum Gasteiger partial charge on any atom is -0.465 e. The predicted molar refractivity (Wildman–Crippen MR) is 71.5 cm³/mol. The van der Waals surface area contributed by atoms with Crippen LogP contribution in [0.4, 0.5) is 13.2 Å². The fourth-order valence-corrected chi connectivity index (χ4v) is 3.19. The monoisotopic (exact) mass is 343 g/mol. The Morgan fingerprint density at radius 3 is 2.52 bits per heavy atom. The van der Waals surface area contributed by atoms with Crippen LogP contribution in [0.5, 0.6) is 0 Å². The maximum atomic E-state index is 12.0. The van der Waals surface area contributed by atoms with E-state index in [4.69, 9.17) is 0 Å². The van der Waals surface area contributed by atoms with Gasteiger partial charge in [-0.25, -0.2) is 17.9 Å². The summed E-state index contributed by atoms with van der Waals surface area (Å²) in [6.45, 7) is -0.415. The highest BCUT2D eigenvalue weighted by Gasteiger charge is 2.28. The Hall–Kier alpha value is -1.26. The first-order valence-corrected chi connectivity index (χ1v) is 8.02. The maximum Gasteiger partial charge on any atom is 0.441 e. The molecule has 0 unspecified atom stereocenters. The van der Waals surface area contributed by atoms with E-state index < -0.39 is 33.8 Å². The van der Waals surface area contributed by atoms with Gasteiger partial charge in [-0.05, 0) is 23.9 Å². The van der Waals surface area contributed by atoms with Crippen LogP contribution in [0.25, 0.3) is 0 Å². The van der Waals surface area contributed by atoms with E-state index in [1.165, 1.54) is 24.3 Å². The molecular formula is C11H12F3NO4S2. The molecule has 0 saturated heterocycles. The summed E-state index contributed by atoms with van der Waals surface area (Å²) >= 11 is -0.334. The molecule has 0 aromatic heterocycles. The molecule has 0 bridgehead atoms. The quantitative estimate of drug-likeness (QED) is 0.632. The van der Waals surface area contributed by atoms with Crippen molar-refractivity contribution in [2.45, 2.75) is 10.4 Å². The molecule has 118 valence electrons.